The van der Waals surface area contributed by atoms with Gasteiger partial charge < -0.3 is 15.0 Å². The largest absolute Gasteiger partial charge is 0.370 e. The van der Waals surface area contributed by atoms with Gasteiger partial charge in [-0.05, 0) is 31.5 Å². The molecule has 1 N–H and O–H groups in total. The molecule has 4 nitrogen and oxygen atoms in total. The number of amides is 1. The van der Waals surface area contributed by atoms with E-state index in [9.17, 15) is 9.18 Å². The summed E-state index contributed by atoms with van der Waals surface area (Å²) in [5.74, 6) is -0.457. The molecule has 2 aliphatic heterocycles. The second kappa shape index (κ2) is 7.99. The molecule has 2 saturated heterocycles. The van der Waals surface area contributed by atoms with Crippen molar-refractivity contribution in [2.45, 2.75) is 25.0 Å². The summed E-state index contributed by atoms with van der Waals surface area (Å²) in [5, 5.41) is 3.53. The molecule has 23 heavy (non-hydrogen) atoms. The van der Waals surface area contributed by atoms with Crippen molar-refractivity contribution in [3.63, 3.8) is 0 Å². The standard InChI is InChI=1S/C15H17Cl2FN2O2.ClH/c16-10-7-11(17)12(18)6-9(10)14-8-20(4-5-22-14)15(21)13-2-1-3-19-13;/h6-7,13-14,19H,1-5,8H2;1H. The minimum absolute atomic E-state index is 0. The van der Waals surface area contributed by atoms with Crippen molar-refractivity contribution in [2.24, 2.45) is 0 Å². The predicted molar refractivity (Wildman–Crippen MR) is 90.0 cm³/mol. The molecule has 2 unspecified atom stereocenters. The van der Waals surface area contributed by atoms with Crippen LogP contribution in [0.2, 0.25) is 10.0 Å². The minimum Gasteiger partial charge on any atom is -0.370 e. The Morgan fingerprint density at radius 1 is 1.35 bits per heavy atom. The smallest absolute Gasteiger partial charge is 0.239 e. The molecule has 2 fully saturated rings. The molecule has 1 aromatic rings. The molecule has 128 valence electrons. The summed E-state index contributed by atoms with van der Waals surface area (Å²) >= 11 is 11.9. The number of hydrogen-bond acceptors (Lipinski definition) is 3. The van der Waals surface area contributed by atoms with Gasteiger partial charge in [-0.1, -0.05) is 23.2 Å². The van der Waals surface area contributed by atoms with Crippen LogP contribution in [-0.2, 0) is 9.53 Å². The summed E-state index contributed by atoms with van der Waals surface area (Å²) in [6, 6.07) is 2.55. The monoisotopic (exact) mass is 382 g/mol. The van der Waals surface area contributed by atoms with E-state index < -0.39 is 11.9 Å². The van der Waals surface area contributed by atoms with Crippen LogP contribution >= 0.6 is 35.6 Å². The van der Waals surface area contributed by atoms with Crippen LogP contribution in [0.25, 0.3) is 0 Å². The highest BCUT2D eigenvalue weighted by Gasteiger charge is 2.32. The second-order valence-electron chi connectivity index (χ2n) is 5.58. The van der Waals surface area contributed by atoms with Crippen molar-refractivity contribution >= 4 is 41.5 Å². The molecule has 0 radical (unpaired) electrons. The van der Waals surface area contributed by atoms with Crippen LogP contribution < -0.4 is 5.32 Å². The molecule has 3 rings (SSSR count). The Morgan fingerprint density at radius 2 is 2.13 bits per heavy atom. The molecule has 8 heteroatoms. The number of hydrogen-bond donors (Lipinski definition) is 1. The molecule has 0 spiro atoms. The van der Waals surface area contributed by atoms with Crippen LogP contribution in [0.4, 0.5) is 4.39 Å². The Hall–Kier alpha value is -0.590. The Labute approximate surface area is 150 Å². The van der Waals surface area contributed by atoms with Crippen molar-refractivity contribution in [3.8, 4) is 0 Å². The predicted octanol–water partition coefficient (Wildman–Crippen LogP) is 3.21. The Morgan fingerprint density at radius 3 is 2.83 bits per heavy atom. The van der Waals surface area contributed by atoms with Gasteiger partial charge in [0.25, 0.3) is 0 Å². The maximum absolute atomic E-state index is 13.7. The fraction of sp³-hybridized carbons (Fsp3) is 0.533. The van der Waals surface area contributed by atoms with Gasteiger partial charge in [0.15, 0.2) is 0 Å². The average Bonchev–Trinajstić information content (AvgIpc) is 3.04. The maximum Gasteiger partial charge on any atom is 0.239 e. The fourth-order valence-corrected chi connectivity index (χ4v) is 3.44. The van der Waals surface area contributed by atoms with E-state index in [2.05, 4.69) is 5.32 Å². The van der Waals surface area contributed by atoms with Gasteiger partial charge in [-0.2, -0.15) is 0 Å². The number of nitrogens with one attached hydrogen (secondary N) is 1. The SMILES string of the molecule is Cl.O=C(C1CCCN1)N1CCOC(c2cc(F)c(Cl)cc2Cl)C1. The van der Waals surface area contributed by atoms with E-state index in [0.717, 1.165) is 19.4 Å². The topological polar surface area (TPSA) is 41.6 Å². The van der Waals surface area contributed by atoms with Gasteiger partial charge in [0, 0.05) is 17.1 Å². The lowest BCUT2D eigenvalue weighted by Crippen LogP contribution is -2.49. The van der Waals surface area contributed by atoms with E-state index in [-0.39, 0.29) is 29.4 Å². The molecule has 0 saturated carbocycles. The highest BCUT2D eigenvalue weighted by molar-refractivity contribution is 6.35. The summed E-state index contributed by atoms with van der Waals surface area (Å²) in [7, 11) is 0. The van der Waals surface area contributed by atoms with Gasteiger partial charge in [-0.3, -0.25) is 4.79 Å². The normalized spacial score (nSPS) is 24.4. The lowest BCUT2D eigenvalue weighted by atomic mass is 10.1. The third-order valence-electron chi connectivity index (χ3n) is 4.12. The van der Waals surface area contributed by atoms with Crippen molar-refractivity contribution < 1.29 is 13.9 Å². The summed E-state index contributed by atoms with van der Waals surface area (Å²) < 4.78 is 19.4. The molecular weight excluding hydrogens is 366 g/mol. The Kier molecular flexibility index (Phi) is 6.51. The Balaban J connectivity index is 0.00000192. The summed E-state index contributed by atoms with van der Waals surface area (Å²) in [6.45, 7) is 2.20. The summed E-state index contributed by atoms with van der Waals surface area (Å²) in [5.41, 5.74) is 0.528. The zero-order valence-electron chi connectivity index (χ0n) is 12.4. The molecular formula is C15H18Cl3FN2O2. The van der Waals surface area contributed by atoms with Gasteiger partial charge in [0.05, 0.1) is 24.2 Å². The number of nitrogens with zero attached hydrogens (tertiary/aromatic N) is 1. The second-order valence-corrected chi connectivity index (χ2v) is 6.39. The summed E-state index contributed by atoms with van der Waals surface area (Å²) in [6.07, 6.45) is 1.44. The van der Waals surface area contributed by atoms with Crippen LogP contribution in [-0.4, -0.2) is 43.1 Å². The first-order valence-electron chi connectivity index (χ1n) is 7.34. The zero-order valence-corrected chi connectivity index (χ0v) is 14.7. The lowest BCUT2D eigenvalue weighted by Gasteiger charge is -2.35. The van der Waals surface area contributed by atoms with E-state index in [1.54, 1.807) is 4.90 Å². The maximum atomic E-state index is 13.7. The molecule has 0 aromatic heterocycles. The first-order chi connectivity index (χ1) is 10.6. The van der Waals surface area contributed by atoms with Crippen molar-refractivity contribution in [2.75, 3.05) is 26.2 Å². The molecule has 1 amide bonds. The molecule has 2 aliphatic rings. The highest BCUT2D eigenvalue weighted by atomic mass is 35.5. The molecule has 1 aromatic carbocycles. The van der Waals surface area contributed by atoms with E-state index in [1.807, 2.05) is 0 Å². The first kappa shape index (κ1) is 18.7. The van der Waals surface area contributed by atoms with E-state index in [4.69, 9.17) is 27.9 Å². The highest BCUT2D eigenvalue weighted by Crippen LogP contribution is 2.32. The van der Waals surface area contributed by atoms with Gasteiger partial charge in [0.2, 0.25) is 5.91 Å². The number of ether oxygens (including phenoxy) is 1. The van der Waals surface area contributed by atoms with Crippen molar-refractivity contribution in [3.05, 3.63) is 33.6 Å². The molecule has 2 atom stereocenters. The quantitative estimate of drug-likeness (QED) is 0.797. The number of halogens is 4. The van der Waals surface area contributed by atoms with Gasteiger partial charge in [0.1, 0.15) is 11.9 Å². The van der Waals surface area contributed by atoms with Crippen molar-refractivity contribution in [1.82, 2.24) is 10.2 Å². The van der Waals surface area contributed by atoms with E-state index >= 15 is 0 Å². The zero-order chi connectivity index (χ0) is 15.7. The van der Waals surface area contributed by atoms with Gasteiger partial charge in [-0.15, -0.1) is 12.4 Å². The number of carbonyl (C=O) groups excluding carboxylic acids is 1. The lowest BCUT2D eigenvalue weighted by molar-refractivity contribution is -0.140. The van der Waals surface area contributed by atoms with Crippen molar-refractivity contribution in [1.29, 1.82) is 0 Å². The van der Waals surface area contributed by atoms with Crippen LogP contribution in [0.15, 0.2) is 12.1 Å². The van der Waals surface area contributed by atoms with Crippen LogP contribution in [0, 0.1) is 5.82 Å². The first-order valence-corrected chi connectivity index (χ1v) is 8.10. The number of morpholine rings is 1. The Bertz CT molecular complexity index is 582. The minimum atomic E-state index is -0.537. The van der Waals surface area contributed by atoms with Crippen LogP contribution in [0.1, 0.15) is 24.5 Å². The molecule has 0 aliphatic carbocycles. The van der Waals surface area contributed by atoms with E-state index in [1.165, 1.54) is 12.1 Å². The number of carbonyl (C=O) groups is 1. The molecule has 2 heterocycles. The van der Waals surface area contributed by atoms with Gasteiger partial charge in [-0.25, -0.2) is 4.39 Å². The third-order valence-corrected chi connectivity index (χ3v) is 4.74. The number of benzene rings is 1. The third kappa shape index (κ3) is 4.09. The van der Waals surface area contributed by atoms with Crippen LogP contribution in [0.5, 0.6) is 0 Å². The number of rotatable bonds is 2. The van der Waals surface area contributed by atoms with E-state index in [0.29, 0.717) is 30.3 Å². The fourth-order valence-electron chi connectivity index (χ4n) is 2.94. The van der Waals surface area contributed by atoms with Crippen LogP contribution in [0.3, 0.4) is 0 Å². The molecule has 0 bridgehead atoms. The van der Waals surface area contributed by atoms with Gasteiger partial charge >= 0.3 is 0 Å². The summed E-state index contributed by atoms with van der Waals surface area (Å²) in [4.78, 5) is 14.2. The average molecular weight is 384 g/mol.